The third-order valence-electron chi connectivity index (χ3n) is 3.43. The molecule has 0 aromatic carbocycles. The largest absolute Gasteiger partial charge is 0.380 e. The lowest BCUT2D eigenvalue weighted by Gasteiger charge is -2.29. The van der Waals surface area contributed by atoms with Gasteiger partial charge in [0.25, 0.3) is 0 Å². The molecule has 0 aliphatic carbocycles. The molecule has 0 bridgehead atoms. The summed E-state index contributed by atoms with van der Waals surface area (Å²) in [6.07, 6.45) is 2.44. The Morgan fingerprint density at radius 1 is 0.950 bits per heavy atom. The Kier molecular flexibility index (Phi) is 13.7. The molecule has 4 nitrogen and oxygen atoms in total. The molecule has 20 heavy (non-hydrogen) atoms. The Morgan fingerprint density at radius 3 is 1.95 bits per heavy atom. The van der Waals surface area contributed by atoms with Crippen molar-refractivity contribution in [1.82, 2.24) is 10.2 Å². The third-order valence-corrected chi connectivity index (χ3v) is 3.43. The van der Waals surface area contributed by atoms with Crippen LogP contribution in [0.5, 0.6) is 0 Å². The van der Waals surface area contributed by atoms with E-state index in [1.54, 1.807) is 0 Å². The summed E-state index contributed by atoms with van der Waals surface area (Å²) in [7, 11) is 0. The van der Waals surface area contributed by atoms with Gasteiger partial charge >= 0.3 is 0 Å². The van der Waals surface area contributed by atoms with Gasteiger partial charge in [0.1, 0.15) is 0 Å². The summed E-state index contributed by atoms with van der Waals surface area (Å²) in [6.45, 7) is 17.1. The third kappa shape index (κ3) is 11.6. The van der Waals surface area contributed by atoms with Crippen LogP contribution in [-0.2, 0) is 9.47 Å². The van der Waals surface area contributed by atoms with Crippen LogP contribution in [0.4, 0.5) is 0 Å². The Morgan fingerprint density at radius 2 is 1.50 bits per heavy atom. The van der Waals surface area contributed by atoms with Crippen molar-refractivity contribution in [2.45, 2.75) is 59.5 Å². The van der Waals surface area contributed by atoms with Crippen LogP contribution in [-0.4, -0.2) is 63.0 Å². The van der Waals surface area contributed by atoms with Gasteiger partial charge in [-0.15, -0.1) is 0 Å². The summed E-state index contributed by atoms with van der Waals surface area (Å²) in [5.74, 6) is 0. The molecule has 0 aliphatic rings. The minimum absolute atomic E-state index is 0.581. The van der Waals surface area contributed by atoms with Crippen LogP contribution in [0.1, 0.15) is 47.5 Å². The monoisotopic (exact) mass is 288 g/mol. The van der Waals surface area contributed by atoms with Gasteiger partial charge in [-0.2, -0.15) is 0 Å². The predicted octanol–water partition coefficient (Wildman–Crippen LogP) is 2.53. The van der Waals surface area contributed by atoms with Crippen molar-refractivity contribution in [3.05, 3.63) is 0 Å². The molecule has 0 spiro atoms. The quantitative estimate of drug-likeness (QED) is 0.498. The van der Waals surface area contributed by atoms with Crippen LogP contribution in [0.2, 0.25) is 0 Å². The molecule has 0 rings (SSSR count). The summed E-state index contributed by atoms with van der Waals surface area (Å²) in [5.41, 5.74) is 0. The molecule has 0 saturated carbocycles. The van der Waals surface area contributed by atoms with Gasteiger partial charge in [0.2, 0.25) is 0 Å². The summed E-state index contributed by atoms with van der Waals surface area (Å²) in [6, 6.07) is 1.17. The van der Waals surface area contributed by atoms with Crippen LogP contribution in [0, 0.1) is 0 Å². The molecular formula is C16H36N2O2. The molecule has 1 atom stereocenters. The number of nitrogens with one attached hydrogen (secondary N) is 1. The standard InChI is InChI=1S/C16H36N2O2/c1-6-19-13-11-18(12-14-20-7-2)16(5)9-8-10-17-15(3)4/h15-17H,6-14H2,1-5H3. The SMILES string of the molecule is CCOCCN(CCOCC)C(C)CCCNC(C)C. The van der Waals surface area contributed by atoms with Gasteiger partial charge in [0.05, 0.1) is 13.2 Å². The first-order chi connectivity index (χ1) is 9.61. The summed E-state index contributed by atoms with van der Waals surface area (Å²) in [4.78, 5) is 2.49. The van der Waals surface area contributed by atoms with Crippen LogP contribution in [0.3, 0.4) is 0 Å². The average Bonchev–Trinajstić information content (AvgIpc) is 2.42. The van der Waals surface area contributed by atoms with Crippen LogP contribution >= 0.6 is 0 Å². The van der Waals surface area contributed by atoms with Crippen LogP contribution < -0.4 is 5.32 Å². The van der Waals surface area contributed by atoms with E-state index in [4.69, 9.17) is 9.47 Å². The summed E-state index contributed by atoms with van der Waals surface area (Å²) in [5, 5.41) is 3.48. The van der Waals surface area contributed by atoms with E-state index in [0.29, 0.717) is 12.1 Å². The zero-order valence-electron chi connectivity index (χ0n) is 14.3. The zero-order valence-corrected chi connectivity index (χ0v) is 14.3. The second kappa shape index (κ2) is 13.8. The van der Waals surface area contributed by atoms with E-state index in [0.717, 1.165) is 46.1 Å². The fourth-order valence-electron chi connectivity index (χ4n) is 2.18. The fraction of sp³-hybridized carbons (Fsp3) is 1.00. The Labute approximate surface area is 126 Å². The van der Waals surface area contributed by atoms with E-state index >= 15 is 0 Å². The first-order valence-corrected chi connectivity index (χ1v) is 8.24. The van der Waals surface area contributed by atoms with E-state index in [-0.39, 0.29) is 0 Å². The van der Waals surface area contributed by atoms with Gasteiger partial charge in [-0.1, -0.05) is 13.8 Å². The highest BCUT2D eigenvalue weighted by Gasteiger charge is 2.13. The van der Waals surface area contributed by atoms with Gasteiger partial charge in [0.15, 0.2) is 0 Å². The van der Waals surface area contributed by atoms with Crippen molar-refractivity contribution in [3.63, 3.8) is 0 Å². The minimum atomic E-state index is 0.581. The lowest BCUT2D eigenvalue weighted by molar-refractivity contribution is 0.0640. The molecule has 0 amide bonds. The van der Waals surface area contributed by atoms with E-state index in [1.807, 2.05) is 13.8 Å². The Hall–Kier alpha value is -0.160. The lowest BCUT2D eigenvalue weighted by atomic mass is 10.1. The Bertz CT molecular complexity index is 191. The maximum atomic E-state index is 5.48. The molecule has 0 heterocycles. The molecule has 0 radical (unpaired) electrons. The molecular weight excluding hydrogens is 252 g/mol. The van der Waals surface area contributed by atoms with Crippen molar-refractivity contribution in [2.75, 3.05) is 46.1 Å². The second-order valence-corrected chi connectivity index (χ2v) is 5.53. The number of nitrogens with zero attached hydrogens (tertiary/aromatic N) is 1. The Balaban J connectivity index is 3.93. The molecule has 1 N–H and O–H groups in total. The van der Waals surface area contributed by atoms with Gasteiger partial charge in [-0.05, 0) is 40.2 Å². The molecule has 0 aromatic heterocycles. The topological polar surface area (TPSA) is 33.7 Å². The van der Waals surface area contributed by atoms with Crippen molar-refractivity contribution in [3.8, 4) is 0 Å². The molecule has 0 fully saturated rings. The van der Waals surface area contributed by atoms with Crippen molar-refractivity contribution in [1.29, 1.82) is 0 Å². The highest BCUT2D eigenvalue weighted by molar-refractivity contribution is 4.68. The second-order valence-electron chi connectivity index (χ2n) is 5.53. The molecule has 0 saturated heterocycles. The van der Waals surface area contributed by atoms with Crippen molar-refractivity contribution < 1.29 is 9.47 Å². The molecule has 122 valence electrons. The highest BCUT2D eigenvalue weighted by Crippen LogP contribution is 2.06. The van der Waals surface area contributed by atoms with Crippen LogP contribution in [0.25, 0.3) is 0 Å². The predicted molar refractivity (Wildman–Crippen MR) is 86.4 cm³/mol. The fourth-order valence-corrected chi connectivity index (χ4v) is 2.18. The molecule has 4 heteroatoms. The van der Waals surface area contributed by atoms with Crippen molar-refractivity contribution >= 4 is 0 Å². The number of rotatable bonds is 14. The minimum Gasteiger partial charge on any atom is -0.380 e. The average molecular weight is 288 g/mol. The van der Waals surface area contributed by atoms with Crippen LogP contribution in [0.15, 0.2) is 0 Å². The number of hydrogen-bond acceptors (Lipinski definition) is 4. The smallest absolute Gasteiger partial charge is 0.0593 e. The zero-order chi connectivity index (χ0) is 15.2. The number of hydrogen-bond donors (Lipinski definition) is 1. The van der Waals surface area contributed by atoms with E-state index in [9.17, 15) is 0 Å². The molecule has 1 unspecified atom stereocenters. The normalized spacial score (nSPS) is 13.3. The van der Waals surface area contributed by atoms with Crippen molar-refractivity contribution in [2.24, 2.45) is 0 Å². The maximum Gasteiger partial charge on any atom is 0.0593 e. The van der Waals surface area contributed by atoms with Gasteiger partial charge in [-0.3, -0.25) is 4.90 Å². The summed E-state index contributed by atoms with van der Waals surface area (Å²) >= 11 is 0. The molecule has 0 aliphatic heterocycles. The lowest BCUT2D eigenvalue weighted by Crippen LogP contribution is -2.39. The van der Waals surface area contributed by atoms with Gasteiger partial charge in [0, 0.05) is 38.4 Å². The van der Waals surface area contributed by atoms with E-state index in [2.05, 4.69) is 31.0 Å². The first-order valence-electron chi connectivity index (χ1n) is 8.24. The maximum absolute atomic E-state index is 5.48. The highest BCUT2D eigenvalue weighted by atomic mass is 16.5. The van der Waals surface area contributed by atoms with E-state index in [1.165, 1.54) is 12.8 Å². The summed E-state index contributed by atoms with van der Waals surface area (Å²) < 4.78 is 11.0. The first kappa shape index (κ1) is 19.8. The van der Waals surface area contributed by atoms with Gasteiger partial charge in [-0.25, -0.2) is 0 Å². The van der Waals surface area contributed by atoms with E-state index < -0.39 is 0 Å². The number of ether oxygens (including phenoxy) is 2. The van der Waals surface area contributed by atoms with Gasteiger partial charge < -0.3 is 14.8 Å². The molecule has 0 aromatic rings.